The van der Waals surface area contributed by atoms with Gasteiger partial charge in [0.25, 0.3) is 0 Å². The maximum absolute atomic E-state index is 2.47. The van der Waals surface area contributed by atoms with Gasteiger partial charge in [0.05, 0.1) is 22.4 Å². The third kappa shape index (κ3) is 6.11. The summed E-state index contributed by atoms with van der Waals surface area (Å²) in [5.74, 6) is 0. The maximum atomic E-state index is 2.47. The van der Waals surface area contributed by atoms with Crippen molar-refractivity contribution in [2.24, 2.45) is 0 Å². The normalized spacial score (nSPS) is 11.6. The molecule has 0 aliphatic rings. The number of nitrogens with zero attached hydrogens (tertiary/aromatic N) is 2. The van der Waals surface area contributed by atoms with Gasteiger partial charge in [-0.3, -0.25) is 0 Å². The topological polar surface area (TPSA) is 8.17 Å². The molecule has 66 heavy (non-hydrogen) atoms. The van der Waals surface area contributed by atoms with Gasteiger partial charge in [-0.25, -0.2) is 0 Å². The van der Waals surface area contributed by atoms with Crippen LogP contribution in [0.25, 0.3) is 104 Å². The summed E-state index contributed by atoms with van der Waals surface area (Å²) in [6, 6.07) is 93.4. The van der Waals surface area contributed by atoms with E-state index in [0.29, 0.717) is 0 Å². The van der Waals surface area contributed by atoms with Crippen LogP contribution < -0.4 is 4.90 Å². The molecule has 0 radical (unpaired) electrons. The minimum atomic E-state index is 1.08. The van der Waals surface area contributed by atoms with Crippen molar-refractivity contribution in [1.29, 1.82) is 0 Å². The highest BCUT2D eigenvalue weighted by Gasteiger charge is 2.23. The molecule has 1 heterocycles. The fourth-order valence-corrected chi connectivity index (χ4v) is 10.6. The van der Waals surface area contributed by atoms with Crippen molar-refractivity contribution in [2.45, 2.75) is 0 Å². The molecule has 0 saturated carbocycles. The largest absolute Gasteiger partial charge is 0.310 e. The molecule has 0 spiro atoms. The van der Waals surface area contributed by atoms with Gasteiger partial charge in [-0.1, -0.05) is 206 Å². The fourth-order valence-electron chi connectivity index (χ4n) is 10.6. The first-order valence-corrected chi connectivity index (χ1v) is 22.8. The van der Waals surface area contributed by atoms with Crippen LogP contribution in [0.4, 0.5) is 17.1 Å². The zero-order chi connectivity index (χ0) is 43.6. The second-order valence-electron chi connectivity index (χ2n) is 17.2. The van der Waals surface area contributed by atoms with Gasteiger partial charge in [-0.15, -0.1) is 0 Å². The van der Waals surface area contributed by atoms with Crippen LogP contribution in [0.3, 0.4) is 0 Å². The van der Waals surface area contributed by atoms with Gasteiger partial charge >= 0.3 is 0 Å². The Kier molecular flexibility index (Phi) is 8.89. The van der Waals surface area contributed by atoms with E-state index in [1.54, 1.807) is 0 Å². The minimum absolute atomic E-state index is 1.08. The summed E-state index contributed by atoms with van der Waals surface area (Å²) in [5.41, 5.74) is 13.8. The third-order valence-corrected chi connectivity index (χ3v) is 13.5. The molecule has 308 valence electrons. The predicted molar refractivity (Wildman–Crippen MR) is 282 cm³/mol. The van der Waals surface area contributed by atoms with Gasteiger partial charge in [0.2, 0.25) is 0 Å². The highest BCUT2D eigenvalue weighted by atomic mass is 15.1. The number of aromatic nitrogens is 1. The summed E-state index contributed by atoms with van der Waals surface area (Å²) in [6.07, 6.45) is 0. The maximum Gasteiger partial charge on any atom is 0.0547 e. The van der Waals surface area contributed by atoms with E-state index in [4.69, 9.17) is 0 Å². The summed E-state index contributed by atoms with van der Waals surface area (Å²) in [4.78, 5) is 2.45. The van der Waals surface area contributed by atoms with E-state index >= 15 is 0 Å². The summed E-state index contributed by atoms with van der Waals surface area (Å²) < 4.78 is 2.47. The molecule has 0 aliphatic carbocycles. The van der Waals surface area contributed by atoms with E-state index in [9.17, 15) is 0 Å². The van der Waals surface area contributed by atoms with Crippen molar-refractivity contribution >= 4 is 82.0 Å². The first-order chi connectivity index (χ1) is 32.8. The van der Waals surface area contributed by atoms with E-state index in [1.807, 2.05) is 0 Å². The molecule has 0 atom stereocenters. The number of benzene rings is 12. The molecular weight excluding hydrogens is 797 g/mol. The van der Waals surface area contributed by atoms with Crippen LogP contribution in [0.1, 0.15) is 0 Å². The number of rotatable bonds is 7. The molecule has 13 aromatic rings. The van der Waals surface area contributed by atoms with E-state index in [0.717, 1.165) is 39.4 Å². The number of para-hydroxylation sites is 3. The zero-order valence-electron chi connectivity index (χ0n) is 36.1. The van der Waals surface area contributed by atoms with Crippen molar-refractivity contribution in [3.63, 3.8) is 0 Å². The second-order valence-corrected chi connectivity index (χ2v) is 17.2. The van der Waals surface area contributed by atoms with Gasteiger partial charge in [0.1, 0.15) is 0 Å². The van der Waals surface area contributed by atoms with Crippen LogP contribution in [0, 0.1) is 0 Å². The van der Waals surface area contributed by atoms with Crippen LogP contribution in [0.2, 0.25) is 0 Å². The van der Waals surface area contributed by atoms with Gasteiger partial charge in [-0.2, -0.15) is 0 Å². The Morgan fingerprint density at radius 3 is 1.58 bits per heavy atom. The Bertz CT molecular complexity index is 3990. The number of hydrogen-bond donors (Lipinski definition) is 0. The van der Waals surface area contributed by atoms with Gasteiger partial charge in [-0.05, 0) is 114 Å². The highest BCUT2D eigenvalue weighted by Crippen LogP contribution is 2.47. The number of hydrogen-bond acceptors (Lipinski definition) is 1. The molecule has 2 nitrogen and oxygen atoms in total. The van der Waals surface area contributed by atoms with Crippen molar-refractivity contribution in [3.8, 4) is 39.1 Å². The smallest absolute Gasteiger partial charge is 0.0547 e. The van der Waals surface area contributed by atoms with Crippen LogP contribution in [-0.4, -0.2) is 4.57 Å². The number of anilines is 3. The van der Waals surface area contributed by atoms with Crippen LogP contribution in [0.5, 0.6) is 0 Å². The molecule has 0 unspecified atom stereocenters. The summed E-state index contributed by atoms with van der Waals surface area (Å²) in [6.45, 7) is 0. The minimum Gasteiger partial charge on any atom is -0.310 e. The van der Waals surface area contributed by atoms with E-state index in [1.165, 1.54) is 81.6 Å². The average molecular weight is 839 g/mol. The second kappa shape index (κ2) is 15.5. The standard InChI is InChI=1S/C64H42N2/c1-3-17-43(18-4-1)51-23-11-14-28-59(51)65(49-36-38-54-48(41-49)34-33-47-32-31-45-21-7-9-24-52(45)63(47)54)50-37-39-55(58(42-50)44-19-5-2-6-20-44)56-26-12-15-29-60(56)66-61-30-16-13-27-57(61)64-53-25-10-8-22-46(53)35-40-62(64)66/h1-42H. The summed E-state index contributed by atoms with van der Waals surface area (Å²) >= 11 is 0. The molecule has 1 aromatic heterocycles. The van der Waals surface area contributed by atoms with E-state index in [2.05, 4.69) is 264 Å². The van der Waals surface area contributed by atoms with Gasteiger partial charge in [0.15, 0.2) is 0 Å². The van der Waals surface area contributed by atoms with Crippen molar-refractivity contribution < 1.29 is 0 Å². The van der Waals surface area contributed by atoms with Crippen LogP contribution >= 0.6 is 0 Å². The molecule has 12 aromatic carbocycles. The lowest BCUT2D eigenvalue weighted by molar-refractivity contribution is 1.18. The first-order valence-electron chi connectivity index (χ1n) is 22.8. The molecule has 13 rings (SSSR count). The zero-order valence-corrected chi connectivity index (χ0v) is 36.1. The molecule has 0 bridgehead atoms. The quantitative estimate of drug-likeness (QED) is 0.145. The number of fused-ring (bicyclic) bond motifs is 10. The Balaban J connectivity index is 1.05. The fraction of sp³-hybridized carbons (Fsp3) is 0. The van der Waals surface area contributed by atoms with Crippen molar-refractivity contribution in [2.75, 3.05) is 4.90 Å². The summed E-state index contributed by atoms with van der Waals surface area (Å²) in [5, 5.41) is 12.6. The molecular formula is C64H42N2. The molecule has 0 amide bonds. The molecule has 2 heteroatoms. The van der Waals surface area contributed by atoms with Crippen LogP contribution in [-0.2, 0) is 0 Å². The average Bonchev–Trinajstić information content (AvgIpc) is 3.74. The van der Waals surface area contributed by atoms with Gasteiger partial charge in [0, 0.05) is 33.3 Å². The third-order valence-electron chi connectivity index (χ3n) is 13.5. The molecule has 0 N–H and O–H groups in total. The lowest BCUT2D eigenvalue weighted by Crippen LogP contribution is -2.11. The molecule has 0 aliphatic heterocycles. The Morgan fingerprint density at radius 1 is 0.273 bits per heavy atom. The predicted octanol–water partition coefficient (Wildman–Crippen LogP) is 17.9. The van der Waals surface area contributed by atoms with Crippen molar-refractivity contribution in [3.05, 3.63) is 255 Å². The Labute approximate surface area is 383 Å². The van der Waals surface area contributed by atoms with E-state index < -0.39 is 0 Å². The molecule has 0 saturated heterocycles. The Morgan fingerprint density at radius 2 is 0.803 bits per heavy atom. The van der Waals surface area contributed by atoms with Crippen LogP contribution in [0.15, 0.2) is 255 Å². The SMILES string of the molecule is c1ccc(-c2cc(N(c3ccc4c(ccc5ccc6ccccc6c54)c3)c3ccccc3-c3ccccc3)ccc2-c2ccccc2-n2c3ccccc3c3c4ccccc4ccc32)cc1. The lowest BCUT2D eigenvalue weighted by Gasteiger charge is -2.29. The Hall–Kier alpha value is -8.72. The van der Waals surface area contributed by atoms with Crippen molar-refractivity contribution in [1.82, 2.24) is 4.57 Å². The van der Waals surface area contributed by atoms with Gasteiger partial charge < -0.3 is 9.47 Å². The highest BCUT2D eigenvalue weighted by molar-refractivity contribution is 6.22. The summed E-state index contributed by atoms with van der Waals surface area (Å²) in [7, 11) is 0. The monoisotopic (exact) mass is 838 g/mol. The lowest BCUT2D eigenvalue weighted by atomic mass is 9.92. The molecule has 0 fully saturated rings. The van der Waals surface area contributed by atoms with E-state index in [-0.39, 0.29) is 0 Å². The first kappa shape index (κ1) is 37.8.